The minimum Gasteiger partial charge on any atom is -0.492 e. The van der Waals surface area contributed by atoms with Gasteiger partial charge in [0.15, 0.2) is 0 Å². The van der Waals surface area contributed by atoms with Gasteiger partial charge in [0.05, 0.1) is 12.1 Å². The fourth-order valence-corrected chi connectivity index (χ4v) is 2.43. The van der Waals surface area contributed by atoms with Gasteiger partial charge in [-0.1, -0.05) is 26.0 Å². The first-order chi connectivity index (χ1) is 12.2. The second kappa shape index (κ2) is 9.86. The topological polar surface area (TPSA) is 80.7 Å². The zero-order valence-corrected chi connectivity index (χ0v) is 15.0. The van der Waals surface area contributed by atoms with Crippen LogP contribution >= 0.6 is 0 Å². The molecular weight excluding hydrogens is 318 g/mol. The first kappa shape index (κ1) is 19.0. The van der Waals surface area contributed by atoms with Crippen molar-refractivity contribution in [1.29, 1.82) is 0 Å². The second-order valence-electron chi connectivity index (χ2n) is 5.71. The van der Waals surface area contributed by atoms with Gasteiger partial charge in [-0.05, 0) is 36.9 Å². The molecule has 0 spiro atoms. The third-order valence-electron chi connectivity index (χ3n) is 4.06. The molecule has 3 N–H and O–H groups in total. The Labute approximate surface area is 148 Å². The van der Waals surface area contributed by atoms with E-state index in [1.165, 1.54) is 6.26 Å². The van der Waals surface area contributed by atoms with E-state index in [4.69, 9.17) is 14.9 Å². The zero-order valence-electron chi connectivity index (χ0n) is 15.0. The summed E-state index contributed by atoms with van der Waals surface area (Å²) in [5.74, 6) is 1.25. The van der Waals surface area contributed by atoms with Crippen LogP contribution in [0.3, 0.4) is 0 Å². The lowest BCUT2D eigenvalue weighted by molar-refractivity contribution is 0.0950. The molecule has 1 aromatic heterocycles. The molecule has 0 aliphatic carbocycles. The van der Waals surface area contributed by atoms with Gasteiger partial charge in [-0.3, -0.25) is 4.79 Å². The highest BCUT2D eigenvalue weighted by Gasteiger charge is 2.09. The Hall–Kier alpha value is -2.31. The maximum Gasteiger partial charge on any atom is 0.254 e. The van der Waals surface area contributed by atoms with Crippen molar-refractivity contribution in [3.63, 3.8) is 0 Å². The predicted octanol–water partition coefficient (Wildman–Crippen LogP) is 2.39. The Balaban J connectivity index is 1.77. The number of nitrogens with zero attached hydrogens (tertiary/aromatic N) is 1. The molecule has 6 nitrogen and oxygen atoms in total. The van der Waals surface area contributed by atoms with E-state index in [1.54, 1.807) is 6.07 Å². The number of furan rings is 1. The summed E-state index contributed by atoms with van der Waals surface area (Å²) in [5.41, 5.74) is 6.96. The van der Waals surface area contributed by atoms with Crippen molar-refractivity contribution in [2.24, 2.45) is 5.73 Å². The Kier molecular flexibility index (Phi) is 7.50. The molecule has 6 heteroatoms. The van der Waals surface area contributed by atoms with E-state index in [1.807, 2.05) is 24.3 Å². The van der Waals surface area contributed by atoms with Gasteiger partial charge in [-0.25, -0.2) is 0 Å². The molecule has 0 saturated carbocycles. The summed E-state index contributed by atoms with van der Waals surface area (Å²) in [5, 5.41) is 2.86. The van der Waals surface area contributed by atoms with Crippen molar-refractivity contribution in [2.75, 3.05) is 26.2 Å². The molecule has 1 heterocycles. The van der Waals surface area contributed by atoms with Crippen LogP contribution in [0.15, 0.2) is 41.0 Å². The number of nitrogens with two attached hydrogens (primary N) is 1. The Morgan fingerprint density at radius 3 is 2.56 bits per heavy atom. The van der Waals surface area contributed by atoms with Crippen molar-refractivity contribution in [3.05, 3.63) is 53.5 Å². The maximum atomic E-state index is 12.0. The summed E-state index contributed by atoms with van der Waals surface area (Å²) in [4.78, 5) is 14.4. The van der Waals surface area contributed by atoms with Crippen molar-refractivity contribution < 1.29 is 13.9 Å². The number of nitrogens with one attached hydrogen (secondary N) is 1. The highest BCUT2D eigenvalue weighted by molar-refractivity contribution is 5.93. The fourth-order valence-electron chi connectivity index (χ4n) is 2.43. The molecule has 25 heavy (non-hydrogen) atoms. The molecule has 1 amide bonds. The molecule has 0 aliphatic rings. The first-order valence-corrected chi connectivity index (χ1v) is 8.66. The smallest absolute Gasteiger partial charge is 0.254 e. The summed E-state index contributed by atoms with van der Waals surface area (Å²) < 4.78 is 10.9. The number of hydrogen-bond donors (Lipinski definition) is 2. The Morgan fingerprint density at radius 2 is 1.96 bits per heavy atom. The van der Waals surface area contributed by atoms with Crippen LogP contribution < -0.4 is 15.8 Å². The summed E-state index contributed by atoms with van der Waals surface area (Å²) in [7, 11) is 0. The van der Waals surface area contributed by atoms with Gasteiger partial charge in [0.1, 0.15) is 24.4 Å². The number of rotatable bonds is 10. The molecule has 1 aromatic carbocycles. The van der Waals surface area contributed by atoms with Crippen molar-refractivity contribution in [3.8, 4) is 5.75 Å². The van der Waals surface area contributed by atoms with Crippen molar-refractivity contribution in [1.82, 2.24) is 10.2 Å². The van der Waals surface area contributed by atoms with E-state index in [-0.39, 0.29) is 12.5 Å². The Morgan fingerprint density at radius 1 is 1.24 bits per heavy atom. The van der Waals surface area contributed by atoms with Gasteiger partial charge in [-0.2, -0.15) is 0 Å². The largest absolute Gasteiger partial charge is 0.492 e. The SMILES string of the molecule is CCN(CC)CCOc1ccc(CNC(=O)c2coc(CN)c2)cc1. The van der Waals surface area contributed by atoms with Gasteiger partial charge >= 0.3 is 0 Å². The van der Waals surface area contributed by atoms with Crippen LogP contribution in [0, 0.1) is 0 Å². The first-order valence-electron chi connectivity index (χ1n) is 8.66. The average molecular weight is 345 g/mol. The number of likely N-dealkylation sites (N-methyl/N-ethyl adjacent to an activating group) is 1. The standard InChI is InChI=1S/C19H27N3O3/c1-3-22(4-2)9-10-24-17-7-5-15(6-8-17)13-21-19(23)16-11-18(12-20)25-14-16/h5-8,11,14H,3-4,9-10,12-13,20H2,1-2H3,(H,21,23). The lowest BCUT2D eigenvalue weighted by Gasteiger charge is -2.18. The molecule has 0 atom stereocenters. The molecular formula is C19H27N3O3. The number of carbonyl (C=O) groups excluding carboxylic acids is 1. The van der Waals surface area contributed by atoms with Gasteiger partial charge in [0, 0.05) is 13.1 Å². The van der Waals surface area contributed by atoms with E-state index in [0.29, 0.717) is 24.5 Å². The monoisotopic (exact) mass is 345 g/mol. The van der Waals surface area contributed by atoms with Gasteiger partial charge < -0.3 is 25.1 Å². The highest BCUT2D eigenvalue weighted by atomic mass is 16.5. The van der Waals surface area contributed by atoms with Gasteiger partial charge in [0.25, 0.3) is 5.91 Å². The quantitative estimate of drug-likeness (QED) is 0.691. The molecule has 0 aliphatic heterocycles. The van der Waals surface area contributed by atoms with Crippen molar-refractivity contribution in [2.45, 2.75) is 26.9 Å². The Bertz CT molecular complexity index is 648. The normalized spacial score (nSPS) is 10.9. The number of hydrogen-bond acceptors (Lipinski definition) is 5. The summed E-state index contributed by atoms with van der Waals surface area (Å²) in [6, 6.07) is 9.41. The van der Waals surface area contributed by atoms with Crippen molar-refractivity contribution >= 4 is 5.91 Å². The van der Waals surface area contributed by atoms with Crippen LogP contribution in [0.1, 0.15) is 35.5 Å². The third-order valence-corrected chi connectivity index (χ3v) is 4.06. The van der Waals surface area contributed by atoms with Crippen LogP contribution in [0.2, 0.25) is 0 Å². The lowest BCUT2D eigenvalue weighted by atomic mass is 10.2. The van der Waals surface area contributed by atoms with E-state index >= 15 is 0 Å². The number of benzene rings is 1. The van der Waals surface area contributed by atoms with Crippen LogP contribution in [0.25, 0.3) is 0 Å². The molecule has 0 bridgehead atoms. The van der Waals surface area contributed by atoms with Gasteiger partial charge in [0.2, 0.25) is 0 Å². The molecule has 0 radical (unpaired) electrons. The number of amides is 1. The highest BCUT2D eigenvalue weighted by Crippen LogP contribution is 2.13. The lowest BCUT2D eigenvalue weighted by Crippen LogP contribution is -2.27. The predicted molar refractivity (Wildman–Crippen MR) is 97.5 cm³/mol. The van der Waals surface area contributed by atoms with E-state index < -0.39 is 0 Å². The van der Waals surface area contributed by atoms with Crippen LogP contribution in [-0.2, 0) is 13.1 Å². The van der Waals surface area contributed by atoms with E-state index in [9.17, 15) is 4.79 Å². The van der Waals surface area contributed by atoms with Gasteiger partial charge in [-0.15, -0.1) is 0 Å². The fraction of sp³-hybridized carbons (Fsp3) is 0.421. The minimum atomic E-state index is -0.178. The molecule has 0 saturated heterocycles. The van der Waals surface area contributed by atoms with Crippen LogP contribution in [0.5, 0.6) is 5.75 Å². The molecule has 0 fully saturated rings. The second-order valence-corrected chi connectivity index (χ2v) is 5.71. The molecule has 2 aromatic rings. The van der Waals surface area contributed by atoms with Crippen LogP contribution in [0.4, 0.5) is 0 Å². The van der Waals surface area contributed by atoms with E-state index in [0.717, 1.165) is 30.9 Å². The molecule has 2 rings (SSSR count). The number of carbonyl (C=O) groups is 1. The summed E-state index contributed by atoms with van der Waals surface area (Å²) in [6.45, 7) is 8.66. The average Bonchev–Trinajstić information content (AvgIpc) is 3.13. The maximum absolute atomic E-state index is 12.0. The minimum absolute atomic E-state index is 0.178. The molecule has 136 valence electrons. The van der Waals surface area contributed by atoms with E-state index in [2.05, 4.69) is 24.1 Å². The summed E-state index contributed by atoms with van der Waals surface area (Å²) in [6.07, 6.45) is 1.42. The summed E-state index contributed by atoms with van der Waals surface area (Å²) >= 11 is 0. The zero-order chi connectivity index (χ0) is 18.1. The third kappa shape index (κ3) is 5.92. The number of ether oxygens (including phenoxy) is 1. The van der Waals surface area contributed by atoms with Crippen LogP contribution in [-0.4, -0.2) is 37.0 Å². The molecule has 0 unspecified atom stereocenters.